The summed E-state index contributed by atoms with van der Waals surface area (Å²) in [5, 5.41) is 16.2. The van der Waals surface area contributed by atoms with Crippen molar-refractivity contribution >= 4 is 11.9 Å². The van der Waals surface area contributed by atoms with Gasteiger partial charge in [-0.2, -0.15) is 0 Å². The molecule has 0 bridgehead atoms. The number of urea groups is 1. The second-order valence-electron chi connectivity index (χ2n) is 9.08. The van der Waals surface area contributed by atoms with Gasteiger partial charge >= 0.3 is 6.03 Å². The largest absolute Gasteiger partial charge is 0.389 e. The van der Waals surface area contributed by atoms with E-state index in [4.69, 9.17) is 4.74 Å². The molecule has 0 aliphatic carbocycles. The molecule has 2 saturated heterocycles. The van der Waals surface area contributed by atoms with Crippen LogP contribution in [0.1, 0.15) is 23.2 Å². The molecule has 8 nitrogen and oxygen atoms in total. The molecule has 3 unspecified atom stereocenters. The Morgan fingerprint density at radius 2 is 1.59 bits per heavy atom. The van der Waals surface area contributed by atoms with Crippen molar-refractivity contribution in [3.05, 3.63) is 60.2 Å². The standard InChI is InChI=1S/C26H34N4O4/c1-34-18-24(31)15-27-22-11-13-29(16-22)26(33)30-14-12-23(17-30)28-25(32)21-9-7-20(8-10-21)19-5-3-2-4-6-19/h2-10,22-24,27,31H,11-18H2,1H3,(H,28,32). The fourth-order valence-electron chi connectivity index (χ4n) is 4.62. The Labute approximate surface area is 200 Å². The monoisotopic (exact) mass is 466 g/mol. The van der Waals surface area contributed by atoms with Gasteiger partial charge in [0.2, 0.25) is 0 Å². The number of ether oxygens (including phenoxy) is 1. The van der Waals surface area contributed by atoms with Gasteiger partial charge < -0.3 is 30.3 Å². The number of carbonyl (C=O) groups is 2. The number of aliphatic hydroxyl groups is 1. The number of likely N-dealkylation sites (tertiary alicyclic amines) is 2. The molecule has 3 N–H and O–H groups in total. The molecular weight excluding hydrogens is 432 g/mol. The highest BCUT2D eigenvalue weighted by atomic mass is 16.5. The first-order valence-corrected chi connectivity index (χ1v) is 11.9. The molecule has 3 atom stereocenters. The molecule has 8 heteroatoms. The molecule has 0 spiro atoms. The summed E-state index contributed by atoms with van der Waals surface area (Å²) in [6, 6.07) is 17.8. The van der Waals surface area contributed by atoms with E-state index in [-0.39, 0.29) is 24.0 Å². The average molecular weight is 467 g/mol. The predicted molar refractivity (Wildman–Crippen MR) is 131 cm³/mol. The SMILES string of the molecule is COCC(O)CNC1CCN(C(=O)N2CCC(NC(=O)c3ccc(-c4ccccc4)cc3)C2)C1. The summed E-state index contributed by atoms with van der Waals surface area (Å²) >= 11 is 0. The lowest BCUT2D eigenvalue weighted by molar-refractivity contribution is 0.0629. The maximum absolute atomic E-state index is 12.9. The van der Waals surface area contributed by atoms with Gasteiger partial charge in [-0.3, -0.25) is 4.79 Å². The Kier molecular flexibility index (Phi) is 8.16. The van der Waals surface area contributed by atoms with E-state index in [1.807, 2.05) is 64.4 Å². The minimum Gasteiger partial charge on any atom is -0.389 e. The van der Waals surface area contributed by atoms with Crippen molar-refractivity contribution in [1.29, 1.82) is 0 Å². The second kappa shape index (κ2) is 11.5. The first-order chi connectivity index (χ1) is 16.5. The normalized spacial score (nSPS) is 21.0. The minimum absolute atomic E-state index is 0.0192. The molecule has 2 aromatic carbocycles. The van der Waals surface area contributed by atoms with Gasteiger partial charge in [0.15, 0.2) is 0 Å². The van der Waals surface area contributed by atoms with E-state index in [9.17, 15) is 14.7 Å². The van der Waals surface area contributed by atoms with Gasteiger partial charge in [-0.1, -0.05) is 42.5 Å². The Hall–Kier alpha value is -2.94. The smallest absolute Gasteiger partial charge is 0.320 e. The Morgan fingerprint density at radius 3 is 2.26 bits per heavy atom. The zero-order valence-corrected chi connectivity index (χ0v) is 19.7. The molecule has 2 aliphatic rings. The number of benzene rings is 2. The summed E-state index contributed by atoms with van der Waals surface area (Å²) in [6.45, 7) is 3.22. The third-order valence-electron chi connectivity index (χ3n) is 6.51. The lowest BCUT2D eigenvalue weighted by Crippen LogP contribution is -2.45. The van der Waals surface area contributed by atoms with E-state index in [0.717, 1.165) is 24.0 Å². The van der Waals surface area contributed by atoms with Gasteiger partial charge in [0, 0.05) is 57.5 Å². The van der Waals surface area contributed by atoms with Gasteiger partial charge in [0.1, 0.15) is 0 Å². The van der Waals surface area contributed by atoms with E-state index in [1.54, 1.807) is 7.11 Å². The van der Waals surface area contributed by atoms with Crippen molar-refractivity contribution in [3.8, 4) is 11.1 Å². The first kappa shape index (κ1) is 24.2. The average Bonchev–Trinajstić information content (AvgIpc) is 3.53. The van der Waals surface area contributed by atoms with E-state index in [0.29, 0.717) is 44.9 Å². The molecule has 34 heavy (non-hydrogen) atoms. The quantitative estimate of drug-likeness (QED) is 0.553. The summed E-state index contributed by atoms with van der Waals surface area (Å²) in [6.07, 6.45) is 1.06. The Morgan fingerprint density at radius 1 is 0.971 bits per heavy atom. The fourth-order valence-corrected chi connectivity index (χ4v) is 4.62. The molecule has 0 radical (unpaired) electrons. The number of nitrogens with zero attached hydrogens (tertiary/aromatic N) is 2. The molecule has 0 aromatic heterocycles. The summed E-state index contributed by atoms with van der Waals surface area (Å²) in [7, 11) is 1.56. The van der Waals surface area contributed by atoms with Gasteiger partial charge in [0.05, 0.1) is 12.7 Å². The van der Waals surface area contributed by atoms with Gasteiger partial charge in [-0.15, -0.1) is 0 Å². The van der Waals surface area contributed by atoms with Crippen molar-refractivity contribution in [2.24, 2.45) is 0 Å². The fraction of sp³-hybridized carbons (Fsp3) is 0.462. The number of rotatable bonds is 8. The number of aliphatic hydroxyl groups excluding tert-OH is 1. The summed E-state index contributed by atoms with van der Waals surface area (Å²) in [5.41, 5.74) is 2.81. The molecule has 2 aromatic rings. The highest BCUT2D eigenvalue weighted by Gasteiger charge is 2.33. The molecule has 4 rings (SSSR count). The summed E-state index contributed by atoms with van der Waals surface area (Å²) in [5.74, 6) is -0.112. The van der Waals surface area contributed by atoms with Crippen LogP contribution < -0.4 is 10.6 Å². The Bertz CT molecular complexity index is 953. The molecule has 182 valence electrons. The highest BCUT2D eigenvalue weighted by Crippen LogP contribution is 2.20. The predicted octanol–water partition coefficient (Wildman–Crippen LogP) is 1.95. The molecule has 2 heterocycles. The van der Waals surface area contributed by atoms with Gasteiger partial charge in [-0.25, -0.2) is 4.79 Å². The van der Waals surface area contributed by atoms with Gasteiger partial charge in [-0.05, 0) is 36.1 Å². The van der Waals surface area contributed by atoms with Crippen LogP contribution >= 0.6 is 0 Å². The van der Waals surface area contributed by atoms with Crippen LogP contribution in [-0.2, 0) is 4.74 Å². The van der Waals surface area contributed by atoms with Crippen molar-refractivity contribution < 1.29 is 19.4 Å². The zero-order valence-electron chi connectivity index (χ0n) is 19.7. The first-order valence-electron chi connectivity index (χ1n) is 11.9. The topological polar surface area (TPSA) is 94.1 Å². The van der Waals surface area contributed by atoms with E-state index in [2.05, 4.69) is 10.6 Å². The maximum atomic E-state index is 12.9. The van der Waals surface area contributed by atoms with Crippen molar-refractivity contribution in [2.75, 3.05) is 46.4 Å². The van der Waals surface area contributed by atoms with E-state index in [1.165, 1.54) is 0 Å². The number of nitrogens with one attached hydrogen (secondary N) is 2. The zero-order chi connectivity index (χ0) is 23.9. The van der Waals surface area contributed by atoms with Crippen LogP contribution in [-0.4, -0.2) is 91.5 Å². The van der Waals surface area contributed by atoms with Crippen molar-refractivity contribution in [2.45, 2.75) is 31.0 Å². The molecule has 2 aliphatic heterocycles. The van der Waals surface area contributed by atoms with Crippen LogP contribution in [0.4, 0.5) is 4.79 Å². The number of carbonyl (C=O) groups excluding carboxylic acids is 2. The minimum atomic E-state index is -0.549. The Balaban J connectivity index is 1.23. The van der Waals surface area contributed by atoms with Crippen LogP contribution in [0.5, 0.6) is 0 Å². The molecule has 3 amide bonds. The number of hydrogen-bond donors (Lipinski definition) is 3. The van der Waals surface area contributed by atoms with Crippen LogP contribution in [0, 0.1) is 0 Å². The molecule has 0 saturated carbocycles. The third-order valence-corrected chi connectivity index (χ3v) is 6.51. The van der Waals surface area contributed by atoms with E-state index < -0.39 is 6.10 Å². The lowest BCUT2D eigenvalue weighted by Gasteiger charge is -2.25. The molecule has 2 fully saturated rings. The van der Waals surface area contributed by atoms with Gasteiger partial charge in [0.25, 0.3) is 5.91 Å². The highest BCUT2D eigenvalue weighted by molar-refractivity contribution is 5.95. The molecular formula is C26H34N4O4. The summed E-state index contributed by atoms with van der Waals surface area (Å²) in [4.78, 5) is 29.4. The number of methoxy groups -OCH3 is 1. The van der Waals surface area contributed by atoms with Crippen molar-refractivity contribution in [3.63, 3.8) is 0 Å². The lowest BCUT2D eigenvalue weighted by atomic mass is 10.0. The van der Waals surface area contributed by atoms with Crippen LogP contribution in [0.15, 0.2) is 54.6 Å². The third kappa shape index (κ3) is 6.14. The van der Waals surface area contributed by atoms with Crippen LogP contribution in [0.3, 0.4) is 0 Å². The van der Waals surface area contributed by atoms with Crippen LogP contribution in [0.25, 0.3) is 11.1 Å². The van der Waals surface area contributed by atoms with E-state index >= 15 is 0 Å². The second-order valence-corrected chi connectivity index (χ2v) is 9.08. The number of amides is 3. The maximum Gasteiger partial charge on any atom is 0.320 e. The summed E-state index contributed by atoms with van der Waals surface area (Å²) < 4.78 is 4.94. The van der Waals surface area contributed by atoms with Crippen molar-refractivity contribution in [1.82, 2.24) is 20.4 Å². The number of hydrogen-bond acceptors (Lipinski definition) is 5. The van der Waals surface area contributed by atoms with Crippen LogP contribution in [0.2, 0.25) is 0 Å².